The molecule has 1 aromatic heterocycles. The van der Waals surface area contributed by atoms with Crippen LogP contribution in [0.4, 0.5) is 0 Å². The first-order valence-corrected chi connectivity index (χ1v) is 7.22. The summed E-state index contributed by atoms with van der Waals surface area (Å²) >= 11 is 0. The van der Waals surface area contributed by atoms with Gasteiger partial charge in [0.15, 0.2) is 0 Å². The van der Waals surface area contributed by atoms with Crippen LogP contribution in [0.5, 0.6) is 0 Å². The molecule has 0 saturated heterocycles. The molecule has 1 atom stereocenters. The van der Waals surface area contributed by atoms with E-state index in [1.807, 2.05) is 18.2 Å². The van der Waals surface area contributed by atoms with E-state index in [0.717, 1.165) is 17.2 Å². The summed E-state index contributed by atoms with van der Waals surface area (Å²) < 4.78 is 22.2. The molecule has 0 radical (unpaired) electrons. The van der Waals surface area contributed by atoms with Crippen LogP contribution in [0.1, 0.15) is 11.7 Å². The lowest BCUT2D eigenvalue weighted by molar-refractivity contribution is 0.202. The summed E-state index contributed by atoms with van der Waals surface area (Å²) in [7, 11) is -3.20. The molecule has 0 saturated carbocycles. The highest BCUT2D eigenvalue weighted by Crippen LogP contribution is 2.19. The standard InChI is InChI=1S/C12H13NO3S/c1-17(15,16)8-12(14)10-5-4-9-3-2-6-13-11(9)7-10/h2-7,12,14H,8H2,1H3. The lowest BCUT2D eigenvalue weighted by atomic mass is 10.1. The van der Waals surface area contributed by atoms with Crippen molar-refractivity contribution in [1.82, 2.24) is 4.98 Å². The van der Waals surface area contributed by atoms with E-state index in [-0.39, 0.29) is 5.75 Å². The molecule has 0 fully saturated rings. The minimum Gasteiger partial charge on any atom is -0.387 e. The average molecular weight is 251 g/mol. The van der Waals surface area contributed by atoms with Crippen LogP contribution in [0.15, 0.2) is 36.5 Å². The maximum Gasteiger partial charge on any atom is 0.150 e. The van der Waals surface area contributed by atoms with Gasteiger partial charge in [-0.05, 0) is 17.7 Å². The highest BCUT2D eigenvalue weighted by Gasteiger charge is 2.14. The molecule has 90 valence electrons. The van der Waals surface area contributed by atoms with Crippen molar-refractivity contribution in [2.45, 2.75) is 6.10 Å². The van der Waals surface area contributed by atoms with Crippen LogP contribution < -0.4 is 0 Å². The van der Waals surface area contributed by atoms with Crippen LogP contribution in [0.25, 0.3) is 10.9 Å². The van der Waals surface area contributed by atoms with Gasteiger partial charge in [0.2, 0.25) is 0 Å². The fourth-order valence-electron chi connectivity index (χ4n) is 1.67. The Hall–Kier alpha value is -1.46. The van der Waals surface area contributed by atoms with E-state index in [0.29, 0.717) is 5.56 Å². The summed E-state index contributed by atoms with van der Waals surface area (Å²) in [6.07, 6.45) is 1.77. The van der Waals surface area contributed by atoms with Crippen molar-refractivity contribution in [3.05, 3.63) is 42.1 Å². The Labute approximate surface area is 99.8 Å². The topological polar surface area (TPSA) is 67.3 Å². The number of pyridine rings is 1. The van der Waals surface area contributed by atoms with E-state index >= 15 is 0 Å². The second-order valence-electron chi connectivity index (χ2n) is 4.06. The third-order valence-corrected chi connectivity index (χ3v) is 3.40. The number of fused-ring (bicyclic) bond motifs is 1. The van der Waals surface area contributed by atoms with E-state index < -0.39 is 15.9 Å². The monoisotopic (exact) mass is 251 g/mol. The molecule has 0 spiro atoms. The van der Waals surface area contributed by atoms with Crippen molar-refractivity contribution in [3.8, 4) is 0 Å². The second-order valence-corrected chi connectivity index (χ2v) is 6.25. The van der Waals surface area contributed by atoms with Gasteiger partial charge in [0.05, 0.1) is 17.4 Å². The Kier molecular flexibility index (Phi) is 3.13. The zero-order valence-electron chi connectivity index (χ0n) is 9.37. The molecule has 4 nitrogen and oxygen atoms in total. The number of hydrogen-bond acceptors (Lipinski definition) is 4. The molecule has 0 aliphatic heterocycles. The lowest BCUT2D eigenvalue weighted by Crippen LogP contribution is -2.12. The van der Waals surface area contributed by atoms with Crippen LogP contribution in [0.2, 0.25) is 0 Å². The van der Waals surface area contributed by atoms with Gasteiger partial charge in [0.25, 0.3) is 0 Å². The number of rotatable bonds is 3. The SMILES string of the molecule is CS(=O)(=O)CC(O)c1ccc2cccnc2c1. The molecule has 0 aliphatic rings. The first-order valence-electron chi connectivity index (χ1n) is 5.16. The fraction of sp³-hybridized carbons (Fsp3) is 0.250. The summed E-state index contributed by atoms with van der Waals surface area (Å²) in [5, 5.41) is 10.8. The van der Waals surface area contributed by atoms with E-state index in [4.69, 9.17) is 0 Å². The molecule has 0 aliphatic carbocycles. The smallest absolute Gasteiger partial charge is 0.150 e. The molecule has 1 heterocycles. The van der Waals surface area contributed by atoms with Gasteiger partial charge in [-0.15, -0.1) is 0 Å². The fourth-order valence-corrected chi connectivity index (χ4v) is 2.44. The number of aromatic nitrogens is 1. The maximum atomic E-state index is 11.1. The van der Waals surface area contributed by atoms with Crippen LogP contribution in [-0.4, -0.2) is 30.5 Å². The van der Waals surface area contributed by atoms with Crippen LogP contribution in [0.3, 0.4) is 0 Å². The molecule has 2 aromatic rings. The first kappa shape index (κ1) is 12.0. The number of nitrogens with zero attached hydrogens (tertiary/aromatic N) is 1. The Balaban J connectivity index is 2.36. The predicted octanol–water partition coefficient (Wildman–Crippen LogP) is 1.31. The molecule has 0 bridgehead atoms. The third-order valence-electron chi connectivity index (χ3n) is 2.48. The van der Waals surface area contributed by atoms with Crippen molar-refractivity contribution in [1.29, 1.82) is 0 Å². The maximum absolute atomic E-state index is 11.1. The minimum atomic E-state index is -3.20. The molecule has 5 heteroatoms. The predicted molar refractivity (Wildman–Crippen MR) is 66.4 cm³/mol. The highest BCUT2D eigenvalue weighted by atomic mass is 32.2. The normalized spacial score (nSPS) is 13.8. The highest BCUT2D eigenvalue weighted by molar-refractivity contribution is 7.90. The number of aliphatic hydroxyl groups excluding tert-OH is 1. The molecular weight excluding hydrogens is 238 g/mol. The number of hydrogen-bond donors (Lipinski definition) is 1. The summed E-state index contributed by atoms with van der Waals surface area (Å²) in [5.74, 6) is -0.272. The van der Waals surface area contributed by atoms with Crippen LogP contribution in [0, 0.1) is 0 Å². The van der Waals surface area contributed by atoms with E-state index in [9.17, 15) is 13.5 Å². The number of aliphatic hydroxyl groups is 1. The van der Waals surface area contributed by atoms with Crippen LogP contribution in [-0.2, 0) is 9.84 Å². The van der Waals surface area contributed by atoms with Gasteiger partial charge in [0, 0.05) is 17.8 Å². The average Bonchev–Trinajstić information content (AvgIpc) is 2.26. The molecule has 1 unspecified atom stereocenters. The van der Waals surface area contributed by atoms with Crippen LogP contribution >= 0.6 is 0 Å². The molecular formula is C12H13NO3S. The summed E-state index contributed by atoms with van der Waals surface area (Å²) in [5.41, 5.74) is 1.32. The first-order chi connectivity index (χ1) is 7.96. The van der Waals surface area contributed by atoms with Gasteiger partial charge < -0.3 is 5.11 Å². The van der Waals surface area contributed by atoms with Gasteiger partial charge in [0.1, 0.15) is 9.84 Å². The molecule has 1 N–H and O–H groups in total. The largest absolute Gasteiger partial charge is 0.387 e. The summed E-state index contributed by atoms with van der Waals surface area (Å²) in [6, 6.07) is 9.00. The Bertz CT molecular complexity index is 637. The zero-order chi connectivity index (χ0) is 12.5. The van der Waals surface area contributed by atoms with Gasteiger partial charge in [-0.2, -0.15) is 0 Å². The van der Waals surface area contributed by atoms with Crippen molar-refractivity contribution in [2.75, 3.05) is 12.0 Å². The Morgan fingerprint density at radius 2 is 2.12 bits per heavy atom. The molecule has 0 amide bonds. The molecule has 2 rings (SSSR count). The van der Waals surface area contributed by atoms with Gasteiger partial charge in [-0.1, -0.05) is 18.2 Å². The van der Waals surface area contributed by atoms with Gasteiger partial charge in [-0.3, -0.25) is 4.98 Å². The van der Waals surface area contributed by atoms with Crippen molar-refractivity contribution >= 4 is 20.7 Å². The van der Waals surface area contributed by atoms with Crippen molar-refractivity contribution < 1.29 is 13.5 Å². The minimum absolute atomic E-state index is 0.272. The second kappa shape index (κ2) is 4.43. The molecule has 1 aromatic carbocycles. The zero-order valence-corrected chi connectivity index (χ0v) is 10.2. The summed E-state index contributed by atoms with van der Waals surface area (Å²) in [6.45, 7) is 0. The summed E-state index contributed by atoms with van der Waals surface area (Å²) in [4.78, 5) is 4.16. The van der Waals surface area contributed by atoms with Crippen molar-refractivity contribution in [2.24, 2.45) is 0 Å². The number of benzene rings is 1. The van der Waals surface area contributed by atoms with Crippen molar-refractivity contribution in [3.63, 3.8) is 0 Å². The van der Waals surface area contributed by atoms with E-state index in [1.165, 1.54) is 0 Å². The third kappa shape index (κ3) is 3.01. The van der Waals surface area contributed by atoms with E-state index in [2.05, 4.69) is 4.98 Å². The van der Waals surface area contributed by atoms with E-state index in [1.54, 1.807) is 18.3 Å². The quantitative estimate of drug-likeness (QED) is 0.893. The Morgan fingerprint density at radius 3 is 2.82 bits per heavy atom. The van der Waals surface area contributed by atoms with Gasteiger partial charge >= 0.3 is 0 Å². The Morgan fingerprint density at radius 1 is 1.35 bits per heavy atom. The molecule has 17 heavy (non-hydrogen) atoms. The lowest BCUT2D eigenvalue weighted by Gasteiger charge is -2.10. The van der Waals surface area contributed by atoms with Gasteiger partial charge in [-0.25, -0.2) is 8.42 Å². The number of sulfone groups is 1.